The number of alkyl halides is 3. The van der Waals surface area contributed by atoms with E-state index in [0.717, 1.165) is 0 Å². The number of rotatable bonds is 4. The summed E-state index contributed by atoms with van der Waals surface area (Å²) in [7, 11) is 0. The highest BCUT2D eigenvalue weighted by atomic mass is 19.1. The van der Waals surface area contributed by atoms with Crippen molar-refractivity contribution in [2.75, 3.05) is 0 Å². The van der Waals surface area contributed by atoms with E-state index < -0.39 is 20.0 Å². The Hall–Kier alpha value is -1.25. The first-order chi connectivity index (χ1) is 6.76. The molecule has 0 nitrogen and oxygen atoms in total. The minimum Gasteiger partial charge on any atom is -0.246 e. The lowest BCUT2D eigenvalue weighted by Gasteiger charge is -2.08. The van der Waals surface area contributed by atoms with Crippen LogP contribution in [0, 0.1) is 0 Å². The molecule has 1 aromatic carbocycles. The second-order valence-corrected chi connectivity index (χ2v) is 2.92. The van der Waals surface area contributed by atoms with Crippen molar-refractivity contribution >= 4 is 6.08 Å². The normalized spacial score (nSPS) is 10.2. The van der Waals surface area contributed by atoms with Gasteiger partial charge in [-0.15, -0.1) is 0 Å². The highest BCUT2D eigenvalue weighted by Gasteiger charge is 2.07. The molecule has 0 unspecified atom stereocenters. The van der Waals surface area contributed by atoms with Crippen LogP contribution in [-0.4, -0.2) is 0 Å². The van der Waals surface area contributed by atoms with Gasteiger partial charge >= 0.3 is 0 Å². The largest absolute Gasteiger partial charge is 0.246 e. The van der Waals surface area contributed by atoms with E-state index >= 15 is 0 Å². The fourth-order valence-electron chi connectivity index (χ4n) is 1.31. The van der Waals surface area contributed by atoms with Gasteiger partial charge in [0.05, 0.1) is 0 Å². The summed E-state index contributed by atoms with van der Waals surface area (Å²) >= 11 is 0. The van der Waals surface area contributed by atoms with Crippen LogP contribution in [-0.2, 0) is 20.0 Å². The maximum absolute atomic E-state index is 12.5. The molecule has 0 N–H and O–H groups in total. The van der Waals surface area contributed by atoms with Gasteiger partial charge in [-0.05, 0) is 34.4 Å². The smallest absolute Gasteiger partial charge is 0.115 e. The molecule has 3 heteroatoms. The van der Waals surface area contributed by atoms with Crippen molar-refractivity contribution in [2.45, 2.75) is 20.0 Å². The molecule has 0 atom stereocenters. The highest BCUT2D eigenvalue weighted by molar-refractivity contribution is 5.55. The zero-order valence-electron chi connectivity index (χ0n) is 7.69. The molecule has 0 aromatic heterocycles. The van der Waals surface area contributed by atoms with Crippen LogP contribution in [0.4, 0.5) is 13.2 Å². The van der Waals surface area contributed by atoms with Crippen LogP contribution < -0.4 is 0 Å². The Labute approximate surface area is 81.1 Å². The first-order valence-corrected chi connectivity index (χ1v) is 4.21. The van der Waals surface area contributed by atoms with Crippen LogP contribution in [0.1, 0.15) is 22.3 Å². The summed E-state index contributed by atoms with van der Waals surface area (Å²) in [6.07, 6.45) is 1.44. The molecule has 0 bridgehead atoms. The molecule has 1 rings (SSSR count). The molecular formula is C11H11F3. The predicted molar refractivity (Wildman–Crippen MR) is 51.0 cm³/mol. The van der Waals surface area contributed by atoms with Gasteiger partial charge in [0.25, 0.3) is 0 Å². The van der Waals surface area contributed by atoms with Gasteiger partial charge in [0.1, 0.15) is 20.0 Å². The van der Waals surface area contributed by atoms with E-state index in [1.54, 1.807) is 0 Å². The summed E-state index contributed by atoms with van der Waals surface area (Å²) in [5.74, 6) is 0. The molecule has 0 fully saturated rings. The Balaban J connectivity index is 3.27. The van der Waals surface area contributed by atoms with E-state index in [9.17, 15) is 13.2 Å². The molecule has 0 radical (unpaired) electrons. The second-order valence-electron chi connectivity index (χ2n) is 2.92. The number of hydrogen-bond acceptors (Lipinski definition) is 0. The minimum atomic E-state index is -0.774. The second kappa shape index (κ2) is 4.84. The summed E-state index contributed by atoms with van der Waals surface area (Å²) in [5, 5.41) is 0. The molecule has 0 aliphatic heterocycles. The molecular weight excluding hydrogens is 189 g/mol. The molecule has 0 heterocycles. The summed E-state index contributed by atoms with van der Waals surface area (Å²) in [5.41, 5.74) is 1.35. The molecule has 0 saturated carbocycles. The van der Waals surface area contributed by atoms with Gasteiger partial charge in [-0.25, -0.2) is 13.2 Å². The zero-order valence-corrected chi connectivity index (χ0v) is 7.69. The summed E-state index contributed by atoms with van der Waals surface area (Å²) in [6.45, 7) is 1.28. The molecule has 0 saturated heterocycles. The third-order valence-corrected chi connectivity index (χ3v) is 2.11. The van der Waals surface area contributed by atoms with Gasteiger partial charge in [-0.1, -0.05) is 12.7 Å². The minimum absolute atomic E-state index is 0.214. The lowest BCUT2D eigenvalue weighted by molar-refractivity contribution is 0.450. The molecule has 76 valence electrons. The van der Waals surface area contributed by atoms with E-state index in [-0.39, 0.29) is 11.1 Å². The fourth-order valence-corrected chi connectivity index (χ4v) is 1.31. The first kappa shape index (κ1) is 10.8. The first-order valence-electron chi connectivity index (χ1n) is 4.21. The Bertz CT molecular complexity index is 332. The van der Waals surface area contributed by atoms with Crippen LogP contribution in [0.5, 0.6) is 0 Å². The van der Waals surface area contributed by atoms with Crippen LogP contribution in [0.15, 0.2) is 18.7 Å². The van der Waals surface area contributed by atoms with E-state index in [1.165, 1.54) is 18.2 Å². The molecule has 0 amide bonds. The SMILES string of the molecule is C=Cc1cc(CF)c(CF)cc1CF. The lowest BCUT2D eigenvalue weighted by Crippen LogP contribution is -1.95. The van der Waals surface area contributed by atoms with Gasteiger partial charge in [0.15, 0.2) is 0 Å². The van der Waals surface area contributed by atoms with Crippen molar-refractivity contribution in [3.63, 3.8) is 0 Å². The molecule has 1 aromatic rings. The molecule has 0 spiro atoms. The fraction of sp³-hybridized carbons (Fsp3) is 0.273. The molecule has 0 aliphatic rings. The van der Waals surface area contributed by atoms with Crippen molar-refractivity contribution in [1.29, 1.82) is 0 Å². The predicted octanol–water partition coefficient (Wildman–Crippen LogP) is 3.74. The van der Waals surface area contributed by atoms with Gasteiger partial charge < -0.3 is 0 Å². The summed E-state index contributed by atoms with van der Waals surface area (Å²) in [6, 6.07) is 2.79. The van der Waals surface area contributed by atoms with Crippen LogP contribution >= 0.6 is 0 Å². The zero-order chi connectivity index (χ0) is 10.6. The van der Waals surface area contributed by atoms with Crippen molar-refractivity contribution in [3.8, 4) is 0 Å². The number of benzene rings is 1. The van der Waals surface area contributed by atoms with Crippen molar-refractivity contribution in [3.05, 3.63) is 41.0 Å². The third-order valence-electron chi connectivity index (χ3n) is 2.11. The number of hydrogen-bond donors (Lipinski definition) is 0. The number of halogens is 3. The maximum atomic E-state index is 12.5. The Kier molecular flexibility index (Phi) is 3.74. The van der Waals surface area contributed by atoms with E-state index in [1.807, 2.05) is 0 Å². The average Bonchev–Trinajstić information content (AvgIpc) is 2.26. The van der Waals surface area contributed by atoms with Crippen molar-refractivity contribution < 1.29 is 13.2 Å². The van der Waals surface area contributed by atoms with Gasteiger partial charge in [-0.3, -0.25) is 0 Å². The molecule has 14 heavy (non-hydrogen) atoms. The van der Waals surface area contributed by atoms with Crippen LogP contribution in [0.2, 0.25) is 0 Å². The maximum Gasteiger partial charge on any atom is 0.115 e. The lowest BCUT2D eigenvalue weighted by atomic mass is 10.00. The van der Waals surface area contributed by atoms with E-state index in [0.29, 0.717) is 11.1 Å². The summed E-state index contributed by atoms with van der Waals surface area (Å²) in [4.78, 5) is 0. The van der Waals surface area contributed by atoms with Crippen LogP contribution in [0.25, 0.3) is 6.08 Å². The summed E-state index contributed by atoms with van der Waals surface area (Å²) < 4.78 is 37.3. The van der Waals surface area contributed by atoms with Crippen LogP contribution in [0.3, 0.4) is 0 Å². The van der Waals surface area contributed by atoms with E-state index in [2.05, 4.69) is 6.58 Å². The Morgan fingerprint density at radius 1 is 0.929 bits per heavy atom. The Morgan fingerprint density at radius 3 is 1.86 bits per heavy atom. The van der Waals surface area contributed by atoms with E-state index in [4.69, 9.17) is 0 Å². The third kappa shape index (κ3) is 1.97. The topological polar surface area (TPSA) is 0 Å². The van der Waals surface area contributed by atoms with Gasteiger partial charge in [-0.2, -0.15) is 0 Å². The Morgan fingerprint density at radius 2 is 1.43 bits per heavy atom. The molecule has 0 aliphatic carbocycles. The van der Waals surface area contributed by atoms with Crippen molar-refractivity contribution in [1.82, 2.24) is 0 Å². The monoisotopic (exact) mass is 200 g/mol. The quantitative estimate of drug-likeness (QED) is 0.694. The van der Waals surface area contributed by atoms with Gasteiger partial charge in [0.2, 0.25) is 0 Å². The highest BCUT2D eigenvalue weighted by Crippen LogP contribution is 2.21. The average molecular weight is 200 g/mol. The standard InChI is InChI=1S/C11H11F3/c1-2-8-3-10(6-13)11(7-14)4-9(8)5-12/h2-4H,1,5-7H2. The van der Waals surface area contributed by atoms with Crippen molar-refractivity contribution in [2.24, 2.45) is 0 Å². The van der Waals surface area contributed by atoms with Gasteiger partial charge in [0, 0.05) is 0 Å².